The molecule has 0 spiro atoms. The van der Waals surface area contributed by atoms with Gasteiger partial charge < -0.3 is 0 Å². The van der Waals surface area contributed by atoms with Gasteiger partial charge in [0.15, 0.2) is 0 Å². The van der Waals surface area contributed by atoms with Gasteiger partial charge in [0.1, 0.15) is 0 Å². The molecule has 0 fully saturated rings. The molecule has 0 radical (unpaired) electrons. The number of hydrogen-bond donors (Lipinski definition) is 0. The van der Waals surface area contributed by atoms with Crippen molar-refractivity contribution < 1.29 is 65.9 Å². The van der Waals surface area contributed by atoms with Crippen molar-refractivity contribution >= 4 is 116 Å². The lowest BCUT2D eigenvalue weighted by Gasteiger charge is -2.09. The average Bonchev–Trinajstić information content (AvgIpc) is 3.05. The van der Waals surface area contributed by atoms with Crippen LogP contribution in [0.5, 0.6) is 0 Å². The summed E-state index contributed by atoms with van der Waals surface area (Å²) < 4.78 is 181. The Hall–Kier alpha value is -2.05. The molecule has 25 heteroatoms. The molecule has 0 nitrogen and oxygen atoms in total. The molecule has 0 aliphatic heterocycles. The van der Waals surface area contributed by atoms with Gasteiger partial charge in [-0.2, -0.15) is 65.9 Å². The van der Waals surface area contributed by atoms with Crippen molar-refractivity contribution in [2.75, 3.05) is 0 Å². The molecule has 0 bridgehead atoms. The van der Waals surface area contributed by atoms with Gasteiger partial charge in [-0.05, 0) is 84.9 Å². The molecule has 60 heavy (non-hydrogen) atoms. The average molecular weight is 1080 g/mol. The van der Waals surface area contributed by atoms with Gasteiger partial charge >= 0.3 is 30.9 Å². The third-order valence-electron chi connectivity index (χ3n) is 6.15. The molecule has 0 aliphatic carbocycles. The van der Waals surface area contributed by atoms with Crippen molar-refractivity contribution in [1.82, 2.24) is 0 Å². The fraction of sp³-hybridized carbons (Fsp3) is 0.143. The van der Waals surface area contributed by atoms with Crippen LogP contribution in [0.25, 0.3) is 0 Å². The molecule has 0 amide bonds. The van der Waals surface area contributed by atoms with E-state index in [0.717, 1.165) is 72.8 Å². The van der Waals surface area contributed by atoms with E-state index in [9.17, 15) is 65.9 Å². The van der Waals surface area contributed by atoms with Crippen molar-refractivity contribution in [3.63, 3.8) is 0 Å². The summed E-state index contributed by atoms with van der Waals surface area (Å²) in [6, 6.07) is 15.6. The summed E-state index contributed by atoms with van der Waals surface area (Å²) in [7, 11) is 0. The largest absolute Gasteiger partial charge is 0.419 e. The summed E-state index contributed by atoms with van der Waals surface area (Å²) in [5.41, 5.74) is -4.38. The maximum absolute atomic E-state index is 12.1. The Morgan fingerprint density at radius 2 is 0.700 bits per heavy atom. The topological polar surface area (TPSA) is 0 Å². The predicted molar refractivity (Wildman–Crippen MR) is 207 cm³/mol. The van der Waals surface area contributed by atoms with Crippen molar-refractivity contribution in [1.29, 1.82) is 0 Å². The van der Waals surface area contributed by atoms with Crippen LogP contribution >= 0.6 is 116 Å². The van der Waals surface area contributed by atoms with Crippen molar-refractivity contribution in [2.24, 2.45) is 0 Å². The Kier molecular flexibility index (Phi) is 21.5. The van der Waals surface area contributed by atoms with Crippen LogP contribution in [0, 0.1) is 0 Å². The monoisotopic (exact) mass is 1070 g/mol. The molecule has 330 valence electrons. The first-order chi connectivity index (χ1) is 27.0. The Morgan fingerprint density at radius 3 is 1.07 bits per heavy atom. The van der Waals surface area contributed by atoms with Crippen LogP contribution in [0.3, 0.4) is 0 Å². The number of rotatable bonds is 0. The van der Waals surface area contributed by atoms with Crippen LogP contribution in [0.4, 0.5) is 65.9 Å². The zero-order valence-corrected chi connectivity index (χ0v) is 35.7. The summed E-state index contributed by atoms with van der Waals surface area (Å²) in [6.45, 7) is 0. The molecule has 0 saturated carbocycles. The molecule has 0 aromatic heterocycles. The molecular weight excluding hydrogens is 1060 g/mol. The van der Waals surface area contributed by atoms with Crippen LogP contribution in [0.2, 0.25) is 50.2 Å². The van der Waals surface area contributed by atoms with Gasteiger partial charge in [-0.25, -0.2) is 0 Å². The molecule has 0 unspecified atom stereocenters. The Balaban J connectivity index is 0.000000375. The van der Waals surface area contributed by atoms with E-state index in [0.29, 0.717) is 0 Å². The van der Waals surface area contributed by atoms with Crippen molar-refractivity contribution in [2.45, 2.75) is 30.9 Å². The number of halogens is 25. The quantitative estimate of drug-likeness (QED) is 0.136. The number of benzene rings is 5. The molecule has 0 atom stereocenters. The highest BCUT2D eigenvalue weighted by atomic mass is 35.5. The van der Waals surface area contributed by atoms with Gasteiger partial charge in [0.2, 0.25) is 0 Å². The zero-order chi connectivity index (χ0) is 46.8. The third kappa shape index (κ3) is 19.6. The van der Waals surface area contributed by atoms with E-state index in [1.165, 1.54) is 18.2 Å². The molecule has 5 aromatic carbocycles. The summed E-state index contributed by atoms with van der Waals surface area (Å²) >= 11 is 53.6. The van der Waals surface area contributed by atoms with E-state index in [-0.39, 0.29) is 50.2 Å². The molecule has 5 aromatic rings. The van der Waals surface area contributed by atoms with Crippen molar-refractivity contribution in [3.8, 4) is 0 Å². The van der Waals surface area contributed by atoms with E-state index in [2.05, 4.69) is 0 Å². The lowest BCUT2D eigenvalue weighted by Crippen LogP contribution is -2.06. The first-order valence-electron chi connectivity index (χ1n) is 14.7. The van der Waals surface area contributed by atoms with E-state index < -0.39 is 58.7 Å². The first-order valence-corrected chi connectivity index (χ1v) is 18.4. The maximum Gasteiger partial charge on any atom is 0.419 e. The van der Waals surface area contributed by atoms with E-state index >= 15 is 0 Å². The number of hydrogen-bond acceptors (Lipinski definition) is 0. The molecule has 5 rings (SSSR count). The van der Waals surface area contributed by atoms with E-state index in [1.807, 2.05) is 0 Å². The standard InChI is InChI=1S/5C7H3Cl2F3/c8-5-1-4(7(10,11)12)2-6(9)3-5;8-4-1-2-6(9)5(3-4)7(10,11)12;8-4-1-2-5(6(9)3-4)7(10,11)12;8-5-2-1-4(3-6(5)9)7(10,11)12;8-4-2-1-3-5(9)6(4)7(10,11)12/h5*1-3H. The minimum atomic E-state index is -4.49. The minimum absolute atomic E-state index is 0.0187. The number of alkyl halides is 15. The van der Waals surface area contributed by atoms with E-state index in [4.69, 9.17) is 116 Å². The predicted octanol–water partition coefficient (Wildman–Crippen LogP) is 20.1. The summed E-state index contributed by atoms with van der Waals surface area (Å²) in [6.07, 6.45) is -22.1. The fourth-order valence-corrected chi connectivity index (χ4v) is 5.94. The lowest BCUT2D eigenvalue weighted by molar-refractivity contribution is -0.138. The van der Waals surface area contributed by atoms with Crippen LogP contribution in [-0.2, 0) is 30.9 Å². The second-order valence-corrected chi connectivity index (χ2v) is 14.8. The SMILES string of the molecule is FC(F)(F)c1c(Cl)cccc1Cl.FC(F)(F)c1cc(Cl)cc(Cl)c1.FC(F)(F)c1cc(Cl)ccc1Cl.FC(F)(F)c1ccc(Cl)c(Cl)c1.FC(F)(F)c1ccc(Cl)cc1Cl. The summed E-state index contributed by atoms with van der Waals surface area (Å²) in [4.78, 5) is 0. The molecule has 0 N–H and O–H groups in total. The van der Waals surface area contributed by atoms with Gasteiger partial charge in [0.25, 0.3) is 0 Å². The third-order valence-corrected chi connectivity index (χ3v) is 9.07. The van der Waals surface area contributed by atoms with Crippen LogP contribution in [0.15, 0.2) is 91.0 Å². The van der Waals surface area contributed by atoms with Gasteiger partial charge in [-0.3, -0.25) is 0 Å². The second kappa shape index (κ2) is 23.0. The van der Waals surface area contributed by atoms with Gasteiger partial charge in [0, 0.05) is 20.1 Å². The Morgan fingerprint density at radius 1 is 0.267 bits per heavy atom. The van der Waals surface area contributed by atoms with Gasteiger partial charge in [0.05, 0.1) is 58.0 Å². The highest BCUT2D eigenvalue weighted by Crippen LogP contribution is 2.40. The summed E-state index contributed by atoms with van der Waals surface area (Å²) in [5, 5.41) is -1.28. The molecular formula is C35H15Cl10F15. The maximum atomic E-state index is 12.1. The second-order valence-electron chi connectivity index (χ2n) is 10.6. The van der Waals surface area contributed by atoms with Crippen LogP contribution in [-0.4, -0.2) is 0 Å². The van der Waals surface area contributed by atoms with Gasteiger partial charge in [-0.1, -0.05) is 122 Å². The highest BCUT2D eigenvalue weighted by Gasteiger charge is 2.36. The van der Waals surface area contributed by atoms with Crippen LogP contribution < -0.4 is 0 Å². The first kappa shape index (κ1) is 56.0. The fourth-order valence-electron chi connectivity index (χ4n) is 3.59. The zero-order valence-electron chi connectivity index (χ0n) is 28.1. The molecule has 0 heterocycles. The summed E-state index contributed by atoms with van der Waals surface area (Å²) in [5.74, 6) is 0. The highest BCUT2D eigenvalue weighted by molar-refractivity contribution is 6.42. The van der Waals surface area contributed by atoms with Crippen LogP contribution in [0.1, 0.15) is 27.8 Å². The Bertz CT molecular complexity index is 2140. The Labute approximate surface area is 379 Å². The molecule has 0 saturated heterocycles. The van der Waals surface area contributed by atoms with Crippen molar-refractivity contribution in [3.05, 3.63) is 169 Å². The van der Waals surface area contributed by atoms with E-state index in [1.54, 1.807) is 0 Å². The normalized spacial score (nSPS) is 11.8. The lowest BCUT2D eigenvalue weighted by atomic mass is 10.2. The van der Waals surface area contributed by atoms with Gasteiger partial charge in [-0.15, -0.1) is 0 Å². The minimum Gasteiger partial charge on any atom is -0.166 e. The smallest absolute Gasteiger partial charge is 0.166 e. The molecule has 0 aliphatic rings.